The van der Waals surface area contributed by atoms with Gasteiger partial charge in [-0.3, -0.25) is 4.98 Å². The molecule has 20 heavy (non-hydrogen) atoms. The van der Waals surface area contributed by atoms with E-state index in [-0.39, 0.29) is 0 Å². The van der Waals surface area contributed by atoms with Gasteiger partial charge in [0.25, 0.3) is 0 Å². The molecule has 1 heterocycles. The second-order valence-corrected chi connectivity index (χ2v) is 10.2. The second-order valence-electron chi connectivity index (χ2n) is 5.47. The van der Waals surface area contributed by atoms with E-state index in [4.69, 9.17) is 0 Å². The van der Waals surface area contributed by atoms with Crippen LogP contribution in [0.3, 0.4) is 0 Å². The molecule has 2 rings (SSSR count). The first-order valence-corrected chi connectivity index (χ1v) is 9.57. The van der Waals surface area contributed by atoms with E-state index in [0.717, 1.165) is 16.4 Å². The highest BCUT2D eigenvalue weighted by Crippen LogP contribution is 2.27. The van der Waals surface area contributed by atoms with E-state index in [1.54, 1.807) is 31.4 Å². The van der Waals surface area contributed by atoms with Gasteiger partial charge < -0.3 is 0 Å². The predicted octanol–water partition coefficient (Wildman–Crippen LogP) is 4.23. The van der Waals surface area contributed by atoms with Crippen molar-refractivity contribution in [1.82, 2.24) is 4.98 Å². The van der Waals surface area contributed by atoms with E-state index in [1.165, 1.54) is 0 Å². The molecule has 0 N–H and O–H groups in total. The monoisotopic (exact) mass is 295 g/mol. The van der Waals surface area contributed by atoms with Crippen LogP contribution in [0.25, 0.3) is 11.3 Å². The number of halogens is 3. The predicted molar refractivity (Wildman–Crippen MR) is 77.7 cm³/mol. The van der Waals surface area contributed by atoms with E-state index < -0.39 is 20.3 Å². The Morgan fingerprint density at radius 2 is 1.65 bits per heavy atom. The number of benzene rings is 1. The molecule has 0 bridgehead atoms. The summed E-state index contributed by atoms with van der Waals surface area (Å²) in [6, 6.07) is 12.5. The van der Waals surface area contributed by atoms with Gasteiger partial charge in [0.15, 0.2) is 0 Å². The Bertz CT molecular complexity index is 562. The summed E-state index contributed by atoms with van der Waals surface area (Å²) in [6.07, 6.45) is -2.52. The maximum absolute atomic E-state index is 12.6. The topological polar surface area (TPSA) is 12.9 Å². The van der Waals surface area contributed by atoms with Crippen molar-refractivity contribution in [3.8, 4) is 11.3 Å². The molecule has 0 fully saturated rings. The molecule has 1 aromatic carbocycles. The van der Waals surface area contributed by atoms with Crippen LogP contribution in [0.5, 0.6) is 0 Å². The van der Waals surface area contributed by atoms with Gasteiger partial charge in [0.05, 0.1) is 13.8 Å². The number of hydrogen-bond acceptors (Lipinski definition) is 1. The summed E-state index contributed by atoms with van der Waals surface area (Å²) >= 11 is 0. The minimum Gasteiger partial charge on any atom is -0.256 e. The van der Waals surface area contributed by atoms with Crippen LogP contribution in [0.4, 0.5) is 13.2 Å². The lowest BCUT2D eigenvalue weighted by Gasteiger charge is -2.24. The van der Waals surface area contributed by atoms with Crippen molar-refractivity contribution in [3.63, 3.8) is 0 Å². The molecule has 0 unspecified atom stereocenters. The summed E-state index contributed by atoms with van der Waals surface area (Å²) in [7, 11) is -2.53. The third-order valence-electron chi connectivity index (χ3n) is 3.26. The summed E-state index contributed by atoms with van der Waals surface area (Å²) in [6.45, 7) is 3.44. The first-order chi connectivity index (χ1) is 9.28. The number of hydrogen-bond donors (Lipinski definition) is 0. The summed E-state index contributed by atoms with van der Waals surface area (Å²) in [5.41, 5.74) is 1.75. The molecule has 1 nitrogen and oxygen atoms in total. The largest absolute Gasteiger partial charge is 0.387 e. The Morgan fingerprint density at radius 3 is 2.15 bits per heavy atom. The molecule has 0 aliphatic rings. The zero-order chi connectivity index (χ0) is 14.8. The molecule has 106 valence electrons. The van der Waals surface area contributed by atoms with Gasteiger partial charge in [0.2, 0.25) is 0 Å². The van der Waals surface area contributed by atoms with Gasteiger partial charge in [-0.1, -0.05) is 49.5 Å². The Hall–Kier alpha value is -1.62. The molecule has 0 aliphatic carbocycles. The molecule has 0 saturated heterocycles. The third kappa shape index (κ3) is 3.69. The first-order valence-electron chi connectivity index (χ1n) is 6.37. The van der Waals surface area contributed by atoms with Crippen LogP contribution in [-0.4, -0.2) is 19.2 Å². The molecule has 0 aliphatic heterocycles. The average molecular weight is 295 g/mol. The number of rotatable bonds is 3. The number of alkyl halides is 3. The Labute approximate surface area is 117 Å². The van der Waals surface area contributed by atoms with Crippen LogP contribution < -0.4 is 5.19 Å². The minimum absolute atomic E-state index is 0.716. The number of aromatic nitrogens is 1. The van der Waals surface area contributed by atoms with Crippen molar-refractivity contribution in [2.24, 2.45) is 0 Å². The van der Waals surface area contributed by atoms with Gasteiger partial charge in [-0.25, -0.2) is 0 Å². The Balaban J connectivity index is 2.24. The van der Waals surface area contributed by atoms with Crippen LogP contribution in [0.15, 0.2) is 48.7 Å². The molecule has 0 amide bonds. The smallest absolute Gasteiger partial charge is 0.256 e. The summed E-state index contributed by atoms with van der Waals surface area (Å²) in [4.78, 5) is 4.31. The van der Waals surface area contributed by atoms with Crippen LogP contribution >= 0.6 is 0 Å². The minimum atomic E-state index is -4.12. The van der Waals surface area contributed by atoms with Crippen molar-refractivity contribution in [3.05, 3.63) is 48.7 Å². The molecule has 5 heteroatoms. The van der Waals surface area contributed by atoms with E-state index in [9.17, 15) is 13.2 Å². The van der Waals surface area contributed by atoms with E-state index in [2.05, 4.69) is 4.98 Å². The molecule has 2 aromatic rings. The quantitative estimate of drug-likeness (QED) is 0.772. The van der Waals surface area contributed by atoms with Crippen LogP contribution in [-0.2, 0) is 0 Å². The molecule has 1 aromatic heterocycles. The number of nitrogens with zero attached hydrogens (tertiary/aromatic N) is 1. The van der Waals surface area contributed by atoms with Crippen molar-refractivity contribution in [1.29, 1.82) is 0 Å². The Kier molecular flexibility index (Phi) is 3.99. The van der Waals surface area contributed by atoms with Gasteiger partial charge >= 0.3 is 6.18 Å². The summed E-state index contributed by atoms with van der Waals surface area (Å²) in [5.74, 6) is 0. The van der Waals surface area contributed by atoms with Gasteiger partial charge in [0, 0.05) is 17.8 Å². The molecule has 0 saturated carbocycles. The first kappa shape index (κ1) is 14.8. The van der Waals surface area contributed by atoms with Crippen LogP contribution in [0.2, 0.25) is 19.1 Å². The molecule has 0 atom stereocenters. The summed E-state index contributed by atoms with van der Waals surface area (Å²) < 4.78 is 37.8. The van der Waals surface area contributed by atoms with Crippen LogP contribution in [0, 0.1) is 0 Å². The second kappa shape index (κ2) is 5.40. The SMILES string of the molecule is C[Si](C)(CC(F)(F)F)c1ccc(-c2ccccc2)nc1. The highest BCUT2D eigenvalue weighted by atomic mass is 28.3. The fraction of sp³-hybridized carbons (Fsp3) is 0.267. The van der Waals surface area contributed by atoms with Gasteiger partial charge in [-0.15, -0.1) is 0 Å². The van der Waals surface area contributed by atoms with Crippen molar-refractivity contribution in [2.45, 2.75) is 25.3 Å². The maximum Gasteiger partial charge on any atom is 0.387 e. The molecular formula is C15H16F3NSi. The van der Waals surface area contributed by atoms with E-state index in [1.807, 2.05) is 30.3 Å². The maximum atomic E-state index is 12.6. The van der Waals surface area contributed by atoms with Gasteiger partial charge in [0.1, 0.15) is 0 Å². The Morgan fingerprint density at radius 1 is 1.00 bits per heavy atom. The lowest BCUT2D eigenvalue weighted by molar-refractivity contribution is -0.110. The van der Waals surface area contributed by atoms with E-state index in [0.29, 0.717) is 0 Å². The highest BCUT2D eigenvalue weighted by molar-refractivity contribution is 6.89. The van der Waals surface area contributed by atoms with Crippen molar-refractivity contribution < 1.29 is 13.2 Å². The fourth-order valence-corrected chi connectivity index (χ4v) is 4.33. The summed E-state index contributed by atoms with van der Waals surface area (Å²) in [5, 5.41) is 0.731. The van der Waals surface area contributed by atoms with E-state index >= 15 is 0 Å². The fourth-order valence-electron chi connectivity index (χ4n) is 2.18. The zero-order valence-electron chi connectivity index (χ0n) is 11.4. The average Bonchev–Trinajstić information content (AvgIpc) is 2.37. The molecule has 0 spiro atoms. The molecule has 0 radical (unpaired) electrons. The van der Waals surface area contributed by atoms with Crippen molar-refractivity contribution >= 4 is 13.3 Å². The highest BCUT2D eigenvalue weighted by Gasteiger charge is 2.39. The van der Waals surface area contributed by atoms with Gasteiger partial charge in [-0.2, -0.15) is 13.2 Å². The number of pyridine rings is 1. The third-order valence-corrected chi connectivity index (χ3v) is 6.40. The van der Waals surface area contributed by atoms with Gasteiger partial charge in [-0.05, 0) is 11.3 Å². The standard InChI is InChI=1S/C15H16F3NSi/c1-20(2,11-15(16,17)18)13-8-9-14(19-10-13)12-6-4-3-5-7-12/h3-10H,11H2,1-2H3. The lowest BCUT2D eigenvalue weighted by atomic mass is 10.1. The molecular weight excluding hydrogens is 279 g/mol. The van der Waals surface area contributed by atoms with Crippen molar-refractivity contribution in [2.75, 3.05) is 0 Å². The normalized spacial score (nSPS) is 12.4. The lowest BCUT2D eigenvalue weighted by Crippen LogP contribution is -2.45. The van der Waals surface area contributed by atoms with Crippen LogP contribution in [0.1, 0.15) is 0 Å². The zero-order valence-corrected chi connectivity index (χ0v) is 12.4.